The van der Waals surface area contributed by atoms with Gasteiger partial charge in [0.05, 0.1) is 23.6 Å². The topological polar surface area (TPSA) is 89.9 Å². The van der Waals surface area contributed by atoms with Crippen LogP contribution in [0.3, 0.4) is 0 Å². The molecule has 0 bridgehead atoms. The van der Waals surface area contributed by atoms with Crippen molar-refractivity contribution in [1.29, 1.82) is 0 Å². The van der Waals surface area contributed by atoms with Gasteiger partial charge in [-0.1, -0.05) is 52.0 Å². The van der Waals surface area contributed by atoms with Gasteiger partial charge in [-0.2, -0.15) is 4.98 Å². The number of nitrogens with zero attached hydrogens (tertiary/aromatic N) is 4. The van der Waals surface area contributed by atoms with Gasteiger partial charge in [0.25, 0.3) is 0 Å². The molecule has 0 radical (unpaired) electrons. The molecular formula is C16H12ClN5O2S2. The number of thioether (sulfide) groups is 1. The van der Waals surface area contributed by atoms with Gasteiger partial charge in [0.2, 0.25) is 16.8 Å². The molecule has 3 aromatic heterocycles. The highest BCUT2D eigenvalue weighted by Crippen LogP contribution is 2.30. The third-order valence-corrected chi connectivity index (χ3v) is 5.63. The lowest BCUT2D eigenvalue weighted by molar-refractivity contribution is 0.391. The summed E-state index contributed by atoms with van der Waals surface area (Å²) >= 11 is 9.09. The molecule has 0 aliphatic rings. The third kappa shape index (κ3) is 4.06. The van der Waals surface area contributed by atoms with Gasteiger partial charge in [-0.05, 0) is 24.3 Å². The number of nitrogens with one attached hydrogen (secondary N) is 1. The first-order valence-corrected chi connectivity index (χ1v) is 9.76. The van der Waals surface area contributed by atoms with Gasteiger partial charge in [0.1, 0.15) is 5.76 Å². The highest BCUT2D eigenvalue weighted by atomic mass is 35.5. The van der Waals surface area contributed by atoms with Crippen molar-refractivity contribution in [2.24, 2.45) is 0 Å². The summed E-state index contributed by atoms with van der Waals surface area (Å²) in [4.78, 5) is 4.38. The van der Waals surface area contributed by atoms with Crippen molar-refractivity contribution in [3.05, 3.63) is 59.3 Å². The van der Waals surface area contributed by atoms with Crippen LogP contribution in [0, 0.1) is 0 Å². The number of hydrogen-bond acceptors (Lipinski definition) is 9. The fourth-order valence-corrected chi connectivity index (χ4v) is 3.91. The minimum absolute atomic E-state index is 0.476. The van der Waals surface area contributed by atoms with Crippen molar-refractivity contribution in [3.63, 3.8) is 0 Å². The average Bonchev–Trinajstić information content (AvgIpc) is 3.40. The summed E-state index contributed by atoms with van der Waals surface area (Å²) in [5, 5.41) is 16.7. The van der Waals surface area contributed by atoms with Crippen LogP contribution in [0.15, 0.2) is 55.9 Å². The number of rotatable bonds is 7. The molecule has 0 amide bonds. The second-order valence-electron chi connectivity index (χ2n) is 5.09. The molecule has 0 aliphatic heterocycles. The molecule has 4 rings (SSSR count). The standard InChI is InChI=1S/C16H12ClN5O2S2/c17-12-6-2-1-5-11(12)14-19-13(24-22-14)9-25-16-21-20-15(26-16)18-8-10-4-3-7-23-10/h1-7H,8-9H2,(H,18,20). The Kier molecular flexibility index (Phi) is 5.19. The Morgan fingerprint density at radius 3 is 2.92 bits per heavy atom. The van der Waals surface area contributed by atoms with E-state index in [-0.39, 0.29) is 0 Å². The molecule has 0 saturated heterocycles. The summed E-state index contributed by atoms with van der Waals surface area (Å²) in [6.45, 7) is 0.567. The Morgan fingerprint density at radius 2 is 2.08 bits per heavy atom. The SMILES string of the molecule is Clc1ccccc1-c1noc(CSc2nnc(NCc3ccco3)s2)n1. The Morgan fingerprint density at radius 1 is 1.15 bits per heavy atom. The third-order valence-electron chi connectivity index (χ3n) is 3.30. The Balaban J connectivity index is 1.34. The summed E-state index contributed by atoms with van der Waals surface area (Å²) in [5.41, 5.74) is 0.745. The van der Waals surface area contributed by atoms with Gasteiger partial charge in [0.15, 0.2) is 4.34 Å². The second kappa shape index (κ2) is 7.90. The predicted molar refractivity (Wildman–Crippen MR) is 100 cm³/mol. The molecule has 4 aromatic rings. The molecule has 0 aliphatic carbocycles. The van der Waals surface area contributed by atoms with Crippen molar-refractivity contribution in [2.45, 2.75) is 16.6 Å². The van der Waals surface area contributed by atoms with Crippen LogP contribution in [-0.2, 0) is 12.3 Å². The number of halogens is 1. The summed E-state index contributed by atoms with van der Waals surface area (Å²) in [6.07, 6.45) is 1.64. The number of aromatic nitrogens is 4. The van der Waals surface area contributed by atoms with Gasteiger partial charge in [-0.15, -0.1) is 10.2 Å². The van der Waals surface area contributed by atoms with Gasteiger partial charge in [-0.3, -0.25) is 0 Å². The van der Waals surface area contributed by atoms with E-state index in [9.17, 15) is 0 Å². The lowest BCUT2D eigenvalue weighted by Crippen LogP contribution is -1.96. The van der Waals surface area contributed by atoms with E-state index in [1.807, 2.05) is 30.3 Å². The lowest BCUT2D eigenvalue weighted by Gasteiger charge is -1.96. The van der Waals surface area contributed by atoms with Gasteiger partial charge < -0.3 is 14.3 Å². The van der Waals surface area contributed by atoms with Crippen LogP contribution in [0.4, 0.5) is 5.13 Å². The van der Waals surface area contributed by atoms with Gasteiger partial charge in [0, 0.05) is 5.56 Å². The first kappa shape index (κ1) is 17.1. The van der Waals surface area contributed by atoms with Crippen LogP contribution in [0.25, 0.3) is 11.4 Å². The van der Waals surface area contributed by atoms with E-state index in [1.165, 1.54) is 23.1 Å². The molecule has 0 unspecified atom stereocenters. The minimum atomic E-state index is 0.476. The van der Waals surface area contributed by atoms with Gasteiger partial charge in [-0.25, -0.2) is 0 Å². The molecule has 3 heterocycles. The highest BCUT2D eigenvalue weighted by molar-refractivity contribution is 8.00. The van der Waals surface area contributed by atoms with E-state index >= 15 is 0 Å². The largest absolute Gasteiger partial charge is 0.467 e. The zero-order valence-corrected chi connectivity index (χ0v) is 15.6. The first-order valence-electron chi connectivity index (χ1n) is 7.58. The van der Waals surface area contributed by atoms with Crippen LogP contribution in [0.5, 0.6) is 0 Å². The highest BCUT2D eigenvalue weighted by Gasteiger charge is 2.13. The van der Waals surface area contributed by atoms with E-state index in [0.29, 0.717) is 29.0 Å². The molecule has 132 valence electrons. The zero-order chi connectivity index (χ0) is 17.8. The summed E-state index contributed by atoms with van der Waals surface area (Å²) in [6, 6.07) is 11.1. The van der Waals surface area contributed by atoms with E-state index in [0.717, 1.165) is 20.8 Å². The Hall–Kier alpha value is -2.36. The normalized spacial score (nSPS) is 11.0. The minimum Gasteiger partial charge on any atom is -0.467 e. The number of hydrogen-bond donors (Lipinski definition) is 1. The van der Waals surface area contributed by atoms with Gasteiger partial charge >= 0.3 is 0 Å². The summed E-state index contributed by atoms with van der Waals surface area (Å²) in [7, 11) is 0. The van der Waals surface area contributed by atoms with E-state index in [4.69, 9.17) is 20.5 Å². The van der Waals surface area contributed by atoms with E-state index in [2.05, 4.69) is 25.7 Å². The molecule has 0 fully saturated rings. The molecular weight excluding hydrogens is 394 g/mol. The quantitative estimate of drug-likeness (QED) is 0.441. The molecule has 7 nitrogen and oxygen atoms in total. The fraction of sp³-hybridized carbons (Fsp3) is 0.125. The van der Waals surface area contributed by atoms with Crippen LogP contribution < -0.4 is 5.32 Å². The predicted octanol–water partition coefficient (Wildman–Crippen LogP) is 4.74. The van der Waals surface area contributed by atoms with Crippen LogP contribution >= 0.6 is 34.7 Å². The molecule has 0 saturated carbocycles. The van der Waals surface area contributed by atoms with Crippen molar-refractivity contribution in [2.75, 3.05) is 5.32 Å². The maximum absolute atomic E-state index is 6.15. The number of benzene rings is 1. The first-order chi connectivity index (χ1) is 12.8. The summed E-state index contributed by atoms with van der Waals surface area (Å²) < 4.78 is 11.4. The molecule has 1 N–H and O–H groups in total. The Labute approximate surface area is 161 Å². The molecule has 26 heavy (non-hydrogen) atoms. The number of furan rings is 1. The zero-order valence-electron chi connectivity index (χ0n) is 13.3. The monoisotopic (exact) mass is 405 g/mol. The van der Waals surface area contributed by atoms with Crippen molar-refractivity contribution in [3.8, 4) is 11.4 Å². The molecule has 10 heteroatoms. The van der Waals surface area contributed by atoms with Crippen molar-refractivity contribution in [1.82, 2.24) is 20.3 Å². The smallest absolute Gasteiger partial charge is 0.237 e. The molecule has 0 spiro atoms. The van der Waals surface area contributed by atoms with Crippen LogP contribution in [0.1, 0.15) is 11.7 Å². The Bertz CT molecular complexity index is 986. The van der Waals surface area contributed by atoms with Crippen LogP contribution in [-0.4, -0.2) is 20.3 Å². The maximum atomic E-state index is 6.15. The van der Waals surface area contributed by atoms with E-state index in [1.54, 1.807) is 12.3 Å². The average molecular weight is 406 g/mol. The summed E-state index contributed by atoms with van der Waals surface area (Å²) in [5.74, 6) is 2.33. The molecule has 0 atom stereocenters. The van der Waals surface area contributed by atoms with Crippen LogP contribution in [0.2, 0.25) is 5.02 Å². The van der Waals surface area contributed by atoms with Crippen molar-refractivity contribution < 1.29 is 8.94 Å². The maximum Gasteiger partial charge on any atom is 0.237 e. The van der Waals surface area contributed by atoms with Crippen molar-refractivity contribution >= 4 is 39.8 Å². The fourth-order valence-electron chi connectivity index (χ4n) is 2.10. The second-order valence-corrected chi connectivity index (χ2v) is 7.69. The number of anilines is 1. The molecule has 1 aromatic carbocycles. The lowest BCUT2D eigenvalue weighted by atomic mass is 10.2. The van der Waals surface area contributed by atoms with E-state index < -0.39 is 0 Å².